The van der Waals surface area contributed by atoms with Gasteiger partial charge in [-0.05, 0) is 89.9 Å². The fourth-order valence-electron chi connectivity index (χ4n) is 6.84. The van der Waals surface area contributed by atoms with Crippen LogP contribution in [0.4, 0.5) is 0 Å². The maximum Gasteiger partial charge on any atom is 0.472 e. The van der Waals surface area contributed by atoms with Crippen molar-refractivity contribution < 1.29 is 28.4 Å². The molecule has 0 aromatic carbocycles. The summed E-state index contributed by atoms with van der Waals surface area (Å²) in [5.41, 5.74) is 5.39. The van der Waals surface area contributed by atoms with Gasteiger partial charge in [-0.1, -0.05) is 207 Å². The molecule has 0 radical (unpaired) electrons. The SMILES string of the molecule is CC/C=C\C/C=C\C/C=C\C/C=C\C/C=C\CCCCCCCCCC(=O)NC(COP(=O)(O)OCCN)C(O)/C=C/CC/C=C/CC/C=C/CCCCCCCCCCCCC. The number of carbonyl (C=O) groups is 1. The van der Waals surface area contributed by atoms with Gasteiger partial charge in [0.05, 0.1) is 25.4 Å². The molecule has 1 amide bonds. The summed E-state index contributed by atoms with van der Waals surface area (Å²) in [6, 6.07) is -0.897. The van der Waals surface area contributed by atoms with Crippen molar-refractivity contribution in [3.8, 4) is 0 Å². The topological polar surface area (TPSA) is 131 Å². The number of rotatable bonds is 46. The van der Waals surface area contributed by atoms with Crippen molar-refractivity contribution >= 4 is 13.7 Å². The highest BCUT2D eigenvalue weighted by Gasteiger charge is 2.26. The summed E-state index contributed by atoms with van der Waals surface area (Å²) >= 11 is 0. The second-order valence-corrected chi connectivity index (χ2v) is 18.1. The Kier molecular flexibility index (Phi) is 46.9. The zero-order valence-corrected chi connectivity index (χ0v) is 41.2. The Balaban J connectivity index is 4.24. The summed E-state index contributed by atoms with van der Waals surface area (Å²) in [5.74, 6) is -0.223. The van der Waals surface area contributed by atoms with Crippen LogP contribution in [-0.4, -0.2) is 47.8 Å². The molecule has 3 unspecified atom stereocenters. The first-order valence-corrected chi connectivity index (χ1v) is 26.9. The van der Waals surface area contributed by atoms with E-state index in [0.717, 1.165) is 89.9 Å². The molecular weight excluding hydrogens is 804 g/mol. The van der Waals surface area contributed by atoms with Gasteiger partial charge < -0.3 is 21.1 Å². The van der Waals surface area contributed by atoms with E-state index in [-0.39, 0.29) is 25.7 Å². The van der Waals surface area contributed by atoms with Crippen molar-refractivity contribution in [3.05, 3.63) is 97.2 Å². The lowest BCUT2D eigenvalue weighted by atomic mass is 10.1. The van der Waals surface area contributed by atoms with Gasteiger partial charge in [0.2, 0.25) is 5.91 Å². The Hall–Kier alpha value is -2.58. The van der Waals surface area contributed by atoms with Crippen LogP contribution in [0.2, 0.25) is 0 Å². The molecule has 0 bridgehead atoms. The average Bonchev–Trinajstić information content (AvgIpc) is 3.27. The number of nitrogens with one attached hydrogen (secondary N) is 1. The van der Waals surface area contributed by atoms with Gasteiger partial charge in [0.15, 0.2) is 0 Å². The molecule has 0 aromatic rings. The standard InChI is InChI=1S/C54H95N2O6P/c1-3-5-7-9-11-13-15-17-19-21-23-25-26-28-30-32-34-36-38-40-42-44-46-48-54(58)56-52(51-62-63(59,60)61-50-49-55)53(57)47-45-43-41-39-37-35-33-31-29-27-24-22-20-18-16-14-12-10-8-6-4-2/h5,7,11,13,17,19,23,25,28-31,37,39,45,47,52-53,57H,3-4,6,8-10,12,14-16,18,20-22,24,26-27,32-36,38,40-44,46,48-51,55H2,1-2H3,(H,56,58)(H,59,60)/b7-5-,13-11-,19-17-,25-23-,30-28-,31-29+,39-37+,47-45+. The number of hydrogen-bond donors (Lipinski definition) is 4. The molecule has 5 N–H and O–H groups in total. The molecule has 0 spiro atoms. The molecule has 9 heteroatoms. The molecule has 0 heterocycles. The highest BCUT2D eigenvalue weighted by Crippen LogP contribution is 2.43. The van der Waals surface area contributed by atoms with E-state index in [9.17, 15) is 19.4 Å². The fourth-order valence-corrected chi connectivity index (χ4v) is 7.60. The summed E-state index contributed by atoms with van der Waals surface area (Å²) < 4.78 is 22.2. The van der Waals surface area contributed by atoms with Crippen LogP contribution < -0.4 is 11.1 Å². The van der Waals surface area contributed by atoms with E-state index in [1.807, 2.05) is 6.08 Å². The van der Waals surface area contributed by atoms with E-state index >= 15 is 0 Å². The first kappa shape index (κ1) is 60.4. The summed E-state index contributed by atoms with van der Waals surface area (Å²) in [4.78, 5) is 22.8. The van der Waals surface area contributed by atoms with Crippen LogP contribution in [-0.2, 0) is 18.4 Å². The maximum atomic E-state index is 12.8. The Labute approximate surface area is 387 Å². The highest BCUT2D eigenvalue weighted by molar-refractivity contribution is 7.47. The molecule has 8 nitrogen and oxygen atoms in total. The maximum absolute atomic E-state index is 12.8. The molecule has 0 aromatic heterocycles. The molecule has 63 heavy (non-hydrogen) atoms. The van der Waals surface area contributed by atoms with Gasteiger partial charge in [0.25, 0.3) is 0 Å². The second kappa shape index (κ2) is 48.9. The molecule has 0 aliphatic carbocycles. The fraction of sp³-hybridized carbons (Fsp3) is 0.685. The highest BCUT2D eigenvalue weighted by atomic mass is 31.2. The minimum Gasteiger partial charge on any atom is -0.387 e. The van der Waals surface area contributed by atoms with E-state index in [1.165, 1.54) is 96.3 Å². The lowest BCUT2D eigenvalue weighted by Gasteiger charge is -2.23. The van der Waals surface area contributed by atoms with Crippen LogP contribution in [0.5, 0.6) is 0 Å². The predicted octanol–water partition coefficient (Wildman–Crippen LogP) is 15.1. The number of carbonyl (C=O) groups excluding carboxylic acids is 1. The van der Waals surface area contributed by atoms with E-state index < -0.39 is 20.0 Å². The first-order valence-electron chi connectivity index (χ1n) is 25.4. The number of aliphatic hydroxyl groups excluding tert-OH is 1. The van der Waals surface area contributed by atoms with Gasteiger partial charge in [0.1, 0.15) is 0 Å². The van der Waals surface area contributed by atoms with E-state index in [1.54, 1.807) is 6.08 Å². The normalized spacial score (nSPS) is 14.7. The number of amides is 1. The molecule has 0 saturated heterocycles. The lowest BCUT2D eigenvalue weighted by Crippen LogP contribution is -2.45. The summed E-state index contributed by atoms with van der Waals surface area (Å²) in [7, 11) is -4.37. The number of aliphatic hydroxyl groups is 1. The average molecular weight is 899 g/mol. The number of phosphoric acid groups is 1. The number of hydrogen-bond acceptors (Lipinski definition) is 6. The van der Waals surface area contributed by atoms with Gasteiger partial charge in [-0.2, -0.15) is 0 Å². The third kappa shape index (κ3) is 47.2. The van der Waals surface area contributed by atoms with Crippen LogP contribution in [0.15, 0.2) is 97.2 Å². The molecule has 362 valence electrons. The third-order valence-corrected chi connectivity index (χ3v) is 11.6. The minimum atomic E-state index is -4.37. The Bertz CT molecular complexity index is 1300. The van der Waals surface area contributed by atoms with E-state index in [0.29, 0.717) is 6.42 Å². The smallest absolute Gasteiger partial charge is 0.387 e. The Morgan fingerprint density at radius 2 is 0.937 bits per heavy atom. The number of phosphoric ester groups is 1. The molecule has 0 saturated carbocycles. The summed E-state index contributed by atoms with van der Waals surface area (Å²) in [5, 5.41) is 13.7. The lowest BCUT2D eigenvalue weighted by molar-refractivity contribution is -0.123. The van der Waals surface area contributed by atoms with Gasteiger partial charge in [0, 0.05) is 13.0 Å². The van der Waals surface area contributed by atoms with Crippen LogP contribution in [0.3, 0.4) is 0 Å². The minimum absolute atomic E-state index is 0.0646. The third-order valence-electron chi connectivity index (χ3n) is 10.6. The van der Waals surface area contributed by atoms with Crippen molar-refractivity contribution in [2.24, 2.45) is 5.73 Å². The first-order chi connectivity index (χ1) is 30.9. The Morgan fingerprint density at radius 1 is 0.540 bits per heavy atom. The molecule has 3 atom stereocenters. The quantitative estimate of drug-likeness (QED) is 0.0272. The van der Waals surface area contributed by atoms with E-state index in [2.05, 4.69) is 104 Å². The van der Waals surface area contributed by atoms with Crippen LogP contribution in [0, 0.1) is 0 Å². The molecule has 0 aliphatic rings. The van der Waals surface area contributed by atoms with Crippen LogP contribution in [0.25, 0.3) is 0 Å². The van der Waals surface area contributed by atoms with Gasteiger partial charge in [-0.15, -0.1) is 0 Å². The summed E-state index contributed by atoms with van der Waals surface area (Å²) in [6.07, 6.45) is 67.5. The zero-order valence-electron chi connectivity index (χ0n) is 40.3. The van der Waals surface area contributed by atoms with Crippen LogP contribution in [0.1, 0.15) is 206 Å². The second-order valence-electron chi connectivity index (χ2n) is 16.6. The van der Waals surface area contributed by atoms with Gasteiger partial charge in [-0.3, -0.25) is 13.8 Å². The number of unbranched alkanes of at least 4 members (excludes halogenated alkanes) is 20. The molecule has 0 fully saturated rings. The van der Waals surface area contributed by atoms with Crippen molar-refractivity contribution in [1.29, 1.82) is 0 Å². The molecular formula is C54H95N2O6P. The number of allylic oxidation sites excluding steroid dienone is 15. The van der Waals surface area contributed by atoms with Crippen molar-refractivity contribution in [3.63, 3.8) is 0 Å². The number of nitrogens with two attached hydrogens (primary N) is 1. The molecule has 0 rings (SSSR count). The zero-order chi connectivity index (χ0) is 46.0. The summed E-state index contributed by atoms with van der Waals surface area (Å²) in [6.45, 7) is 3.98. The van der Waals surface area contributed by atoms with Crippen molar-refractivity contribution in [2.45, 2.75) is 219 Å². The molecule has 0 aliphatic heterocycles. The van der Waals surface area contributed by atoms with Crippen LogP contribution >= 0.6 is 7.82 Å². The predicted molar refractivity (Wildman–Crippen MR) is 272 cm³/mol. The van der Waals surface area contributed by atoms with Crippen molar-refractivity contribution in [1.82, 2.24) is 5.32 Å². The van der Waals surface area contributed by atoms with Gasteiger partial charge in [-0.25, -0.2) is 4.57 Å². The van der Waals surface area contributed by atoms with E-state index in [4.69, 9.17) is 14.8 Å². The largest absolute Gasteiger partial charge is 0.472 e. The van der Waals surface area contributed by atoms with Crippen molar-refractivity contribution in [2.75, 3.05) is 19.8 Å². The van der Waals surface area contributed by atoms with Gasteiger partial charge >= 0.3 is 7.82 Å². The monoisotopic (exact) mass is 899 g/mol. The Morgan fingerprint density at radius 3 is 1.41 bits per heavy atom.